The molecule has 0 aliphatic rings. The maximum Gasteiger partial charge on any atom is 0.337 e. The van der Waals surface area contributed by atoms with Crippen molar-refractivity contribution in [1.29, 1.82) is 0 Å². The van der Waals surface area contributed by atoms with E-state index in [2.05, 4.69) is 20.6 Å². The Morgan fingerprint density at radius 3 is 1.39 bits per heavy atom. The van der Waals surface area contributed by atoms with Gasteiger partial charge in [-0.15, -0.1) is 0 Å². The molecule has 0 atom stereocenters. The number of nitrogens with zero attached hydrogens (tertiary/aromatic N) is 2. The van der Waals surface area contributed by atoms with Crippen LogP contribution in [0.4, 0.5) is 31.5 Å². The summed E-state index contributed by atoms with van der Waals surface area (Å²) in [4.78, 5) is 30.3. The van der Waals surface area contributed by atoms with E-state index in [4.69, 9.17) is 10.2 Å². The largest absolute Gasteiger partial charge is 0.478 e. The molecule has 0 unspecified atom stereocenters. The van der Waals surface area contributed by atoms with Crippen LogP contribution in [0.1, 0.15) is 32.1 Å². The van der Waals surface area contributed by atoms with Gasteiger partial charge in [0.2, 0.25) is 0 Å². The van der Waals surface area contributed by atoms with Crippen LogP contribution in [0.5, 0.6) is 0 Å². The summed E-state index contributed by atoms with van der Waals surface area (Å²) in [6.07, 6.45) is 2.82. The van der Waals surface area contributed by atoms with E-state index in [1.807, 2.05) is 45.2 Å². The van der Waals surface area contributed by atoms with Crippen molar-refractivity contribution in [2.45, 2.75) is 13.8 Å². The van der Waals surface area contributed by atoms with E-state index >= 15 is 0 Å². The van der Waals surface area contributed by atoms with E-state index in [1.54, 1.807) is 38.1 Å². The molecule has 0 aliphatic carbocycles. The van der Waals surface area contributed by atoms with Crippen LogP contribution in [0.3, 0.4) is 0 Å². The van der Waals surface area contributed by atoms with Gasteiger partial charge in [-0.05, 0) is 108 Å². The molecule has 0 radical (unpaired) electrons. The van der Waals surface area contributed by atoms with Crippen molar-refractivity contribution in [2.24, 2.45) is 0 Å². The molecule has 4 N–H and O–H groups in total. The molecule has 0 fully saturated rings. The molecule has 0 saturated carbocycles. The van der Waals surface area contributed by atoms with Crippen LogP contribution in [-0.4, -0.2) is 32.1 Å². The number of aryl methyl sites for hydroxylation is 2. The summed E-state index contributed by atoms with van der Waals surface area (Å²) < 4.78 is 29.1. The predicted octanol–water partition coefficient (Wildman–Crippen LogP) is 7.15. The highest BCUT2D eigenvalue weighted by molar-refractivity contribution is 14.1. The molecule has 0 saturated heterocycles. The van der Waals surface area contributed by atoms with Crippen molar-refractivity contribution in [3.05, 3.63) is 102 Å². The van der Waals surface area contributed by atoms with Crippen LogP contribution >= 0.6 is 45.2 Å². The summed E-state index contributed by atoms with van der Waals surface area (Å²) in [5.74, 6) is -3.05. The molecule has 0 amide bonds. The number of pyridine rings is 2. The average Bonchev–Trinajstić information content (AvgIpc) is 2.84. The van der Waals surface area contributed by atoms with E-state index in [0.29, 0.717) is 22.8 Å². The fourth-order valence-corrected chi connectivity index (χ4v) is 4.16. The number of benzene rings is 2. The highest BCUT2D eigenvalue weighted by Gasteiger charge is 2.16. The molecule has 2 aromatic heterocycles. The molecule has 0 bridgehead atoms. The van der Waals surface area contributed by atoms with Gasteiger partial charge in [0.1, 0.15) is 11.6 Å². The normalized spacial score (nSPS) is 10.3. The summed E-state index contributed by atoms with van der Waals surface area (Å²) in [6, 6.07) is 12.1. The van der Waals surface area contributed by atoms with Gasteiger partial charge in [0.15, 0.2) is 0 Å². The number of anilines is 4. The van der Waals surface area contributed by atoms with Gasteiger partial charge in [-0.25, -0.2) is 18.4 Å². The predicted molar refractivity (Wildman–Crippen MR) is 157 cm³/mol. The Bertz CT molecular complexity index is 1410. The monoisotopic (exact) mass is 744 g/mol. The summed E-state index contributed by atoms with van der Waals surface area (Å²) in [6.45, 7) is 3.33. The van der Waals surface area contributed by atoms with Crippen molar-refractivity contribution >= 4 is 79.9 Å². The number of aromatic nitrogens is 2. The summed E-state index contributed by atoms with van der Waals surface area (Å²) in [7, 11) is 0. The third kappa shape index (κ3) is 7.34. The number of hydrogen-bond acceptors (Lipinski definition) is 6. The molecule has 8 nitrogen and oxygen atoms in total. The molecular formula is C26H20F2I2N4O4. The lowest BCUT2D eigenvalue weighted by atomic mass is 10.1. The Balaban J connectivity index is 0.000000211. The molecule has 2 heterocycles. The fourth-order valence-electron chi connectivity index (χ4n) is 3.26. The van der Waals surface area contributed by atoms with E-state index < -0.39 is 23.6 Å². The van der Waals surface area contributed by atoms with E-state index in [-0.39, 0.29) is 22.5 Å². The highest BCUT2D eigenvalue weighted by atomic mass is 127. The number of nitrogens with one attached hydrogen (secondary N) is 2. The van der Waals surface area contributed by atoms with Crippen LogP contribution in [-0.2, 0) is 0 Å². The maximum absolute atomic E-state index is 13.8. The molecule has 38 heavy (non-hydrogen) atoms. The Morgan fingerprint density at radius 1 is 0.711 bits per heavy atom. The SMILES string of the molecule is Cc1nccc(C(=O)O)c1Nc1ccc(I)cc1F.Cc1nccc(C(=O)O)c1Nc1ccc(I)cc1F. The number of hydrogen-bond donors (Lipinski definition) is 4. The van der Waals surface area contributed by atoms with Gasteiger partial charge in [-0.2, -0.15) is 0 Å². The van der Waals surface area contributed by atoms with Crippen LogP contribution < -0.4 is 10.6 Å². The minimum atomic E-state index is -1.08. The first-order valence-corrected chi connectivity index (χ1v) is 13.0. The van der Waals surface area contributed by atoms with Gasteiger partial charge < -0.3 is 20.8 Å². The number of carboxylic acid groups (broad SMARTS) is 2. The summed E-state index contributed by atoms with van der Waals surface area (Å²) in [5, 5.41) is 23.8. The molecule has 0 spiro atoms. The fraction of sp³-hybridized carbons (Fsp3) is 0.0769. The summed E-state index contributed by atoms with van der Waals surface area (Å²) >= 11 is 4.01. The van der Waals surface area contributed by atoms with E-state index in [1.165, 1.54) is 36.7 Å². The Labute approximate surface area is 243 Å². The first kappa shape index (κ1) is 29.2. The van der Waals surface area contributed by atoms with Crippen LogP contribution in [0.2, 0.25) is 0 Å². The second-order valence-electron chi connectivity index (χ2n) is 7.75. The van der Waals surface area contributed by atoms with Gasteiger partial charge in [-0.1, -0.05) is 0 Å². The zero-order valence-electron chi connectivity index (χ0n) is 19.9. The van der Waals surface area contributed by atoms with Crippen LogP contribution in [0.25, 0.3) is 0 Å². The molecule has 2 aromatic carbocycles. The van der Waals surface area contributed by atoms with Gasteiger partial charge in [0.25, 0.3) is 0 Å². The zero-order chi connectivity index (χ0) is 28.0. The number of aromatic carboxylic acids is 2. The molecule has 4 aromatic rings. The first-order valence-electron chi connectivity index (χ1n) is 10.8. The first-order chi connectivity index (χ1) is 18.0. The smallest absolute Gasteiger partial charge is 0.337 e. The lowest BCUT2D eigenvalue weighted by Gasteiger charge is -2.12. The Morgan fingerprint density at radius 2 is 1.08 bits per heavy atom. The van der Waals surface area contributed by atoms with Crippen molar-refractivity contribution < 1.29 is 28.6 Å². The minimum Gasteiger partial charge on any atom is -0.478 e. The highest BCUT2D eigenvalue weighted by Crippen LogP contribution is 2.27. The van der Waals surface area contributed by atoms with Crippen molar-refractivity contribution in [3.8, 4) is 0 Å². The topological polar surface area (TPSA) is 124 Å². The van der Waals surface area contributed by atoms with Gasteiger partial charge in [-0.3, -0.25) is 9.97 Å². The molecule has 196 valence electrons. The van der Waals surface area contributed by atoms with Crippen LogP contribution in [0.15, 0.2) is 60.9 Å². The Kier molecular flexibility index (Phi) is 9.90. The average molecular weight is 744 g/mol. The lowest BCUT2D eigenvalue weighted by Crippen LogP contribution is -2.06. The number of carbonyl (C=O) groups is 2. The molecule has 12 heteroatoms. The second-order valence-corrected chi connectivity index (χ2v) is 10.2. The Hall–Kier alpha value is -3.40. The van der Waals surface area contributed by atoms with E-state index in [0.717, 1.165) is 7.14 Å². The van der Waals surface area contributed by atoms with Gasteiger partial charge in [0, 0.05) is 19.5 Å². The van der Waals surface area contributed by atoms with Crippen molar-refractivity contribution in [2.75, 3.05) is 10.6 Å². The summed E-state index contributed by atoms with van der Waals surface area (Å²) in [5.41, 5.74) is 2.16. The van der Waals surface area contributed by atoms with Crippen molar-refractivity contribution in [1.82, 2.24) is 9.97 Å². The van der Waals surface area contributed by atoms with Crippen molar-refractivity contribution in [3.63, 3.8) is 0 Å². The third-order valence-corrected chi connectivity index (χ3v) is 6.47. The quantitative estimate of drug-likeness (QED) is 0.154. The molecule has 4 rings (SSSR count). The number of carboxylic acids is 2. The molecular weight excluding hydrogens is 724 g/mol. The van der Waals surface area contributed by atoms with Crippen LogP contribution in [0, 0.1) is 32.6 Å². The third-order valence-electron chi connectivity index (χ3n) is 5.12. The maximum atomic E-state index is 13.8. The van der Waals surface area contributed by atoms with Gasteiger partial charge >= 0.3 is 11.9 Å². The zero-order valence-corrected chi connectivity index (χ0v) is 24.2. The van der Waals surface area contributed by atoms with E-state index in [9.17, 15) is 18.4 Å². The number of rotatable bonds is 6. The second kappa shape index (κ2) is 12.9. The number of halogens is 4. The minimum absolute atomic E-state index is 0.0606. The van der Waals surface area contributed by atoms with Gasteiger partial charge in [0.05, 0.1) is 45.3 Å². The molecule has 0 aliphatic heterocycles. The standard InChI is InChI=1S/2C13H10FIN2O2/c2*1-7-12(9(13(18)19)4-5-16-7)17-11-3-2-8(15)6-10(11)14/h2*2-6,17H,1H3,(H,18,19). The lowest BCUT2D eigenvalue weighted by molar-refractivity contribution is 0.0687.